The second kappa shape index (κ2) is 8.88. The molecule has 30 heavy (non-hydrogen) atoms. The number of aromatic nitrogens is 2. The minimum atomic E-state index is -0.789. The summed E-state index contributed by atoms with van der Waals surface area (Å²) in [7, 11) is 4.08. The van der Waals surface area contributed by atoms with Crippen LogP contribution in [0.4, 0.5) is 5.69 Å². The van der Waals surface area contributed by atoms with Gasteiger partial charge < -0.3 is 20.3 Å². The summed E-state index contributed by atoms with van der Waals surface area (Å²) in [5, 5.41) is 14.3. The van der Waals surface area contributed by atoms with Gasteiger partial charge in [-0.25, -0.2) is 0 Å². The molecule has 0 bridgehead atoms. The molecular formula is C24H30N4O2. The number of rotatable bonds is 7. The highest BCUT2D eigenvalue weighted by atomic mass is 16.4. The number of pyridine rings is 1. The number of hydrogen-bond acceptors (Lipinski definition) is 4. The largest absolute Gasteiger partial charge is 0.480 e. The number of nitrogens with one attached hydrogen (secondary N) is 2. The molecule has 6 heteroatoms. The fourth-order valence-corrected chi connectivity index (χ4v) is 4.52. The molecule has 0 aliphatic heterocycles. The monoisotopic (exact) mass is 406 g/mol. The molecule has 158 valence electrons. The van der Waals surface area contributed by atoms with Gasteiger partial charge >= 0.3 is 5.97 Å². The van der Waals surface area contributed by atoms with E-state index in [9.17, 15) is 9.90 Å². The van der Waals surface area contributed by atoms with Crippen LogP contribution in [0.1, 0.15) is 42.9 Å². The van der Waals surface area contributed by atoms with E-state index in [4.69, 9.17) is 0 Å². The van der Waals surface area contributed by atoms with E-state index in [2.05, 4.69) is 26.3 Å². The Morgan fingerprint density at radius 1 is 1.23 bits per heavy atom. The molecule has 4 rings (SSSR count). The van der Waals surface area contributed by atoms with Crippen LogP contribution in [0.25, 0.3) is 10.9 Å². The van der Waals surface area contributed by atoms with Crippen molar-refractivity contribution >= 4 is 22.6 Å². The standard InChI is InChI=1S/C24H30N4O2/c1-28(2)19-11-12-25-22(14-19)16-7-9-18(10-8-16)27-23(24(29)30)13-17-15-26-21-6-4-3-5-20(17)21/h3-6,11-12,14-16,18,23,26-27H,7-10,13H2,1-2H3,(H,29,30). The number of carboxylic acids is 1. The first kappa shape index (κ1) is 20.4. The van der Waals surface area contributed by atoms with E-state index in [1.807, 2.05) is 56.8 Å². The van der Waals surface area contributed by atoms with Crippen molar-refractivity contribution in [3.63, 3.8) is 0 Å². The van der Waals surface area contributed by atoms with Crippen LogP contribution in [0, 0.1) is 0 Å². The van der Waals surface area contributed by atoms with E-state index in [-0.39, 0.29) is 6.04 Å². The van der Waals surface area contributed by atoms with E-state index in [1.54, 1.807) is 0 Å². The van der Waals surface area contributed by atoms with Crippen molar-refractivity contribution in [2.45, 2.75) is 50.1 Å². The Balaban J connectivity index is 1.38. The van der Waals surface area contributed by atoms with Gasteiger partial charge in [-0.3, -0.25) is 9.78 Å². The maximum Gasteiger partial charge on any atom is 0.321 e. The van der Waals surface area contributed by atoms with Crippen LogP contribution in [0.15, 0.2) is 48.8 Å². The number of hydrogen-bond donors (Lipinski definition) is 3. The van der Waals surface area contributed by atoms with E-state index < -0.39 is 12.0 Å². The number of H-pyrrole nitrogens is 1. The number of para-hydroxylation sites is 1. The van der Waals surface area contributed by atoms with Crippen molar-refractivity contribution < 1.29 is 9.90 Å². The van der Waals surface area contributed by atoms with E-state index in [1.165, 1.54) is 5.69 Å². The molecule has 3 aromatic rings. The number of aromatic amines is 1. The van der Waals surface area contributed by atoms with Crippen LogP contribution in [-0.2, 0) is 11.2 Å². The number of anilines is 1. The maximum absolute atomic E-state index is 11.9. The molecule has 3 N–H and O–H groups in total. The molecule has 6 nitrogen and oxygen atoms in total. The summed E-state index contributed by atoms with van der Waals surface area (Å²) in [5.74, 6) is -0.345. The number of fused-ring (bicyclic) bond motifs is 1. The normalized spacial score (nSPS) is 20.2. The van der Waals surface area contributed by atoms with Crippen LogP contribution >= 0.6 is 0 Å². The SMILES string of the molecule is CN(C)c1ccnc(C2CCC(NC(Cc3c[nH]c4ccccc34)C(=O)O)CC2)c1. The number of nitrogens with zero attached hydrogens (tertiary/aromatic N) is 2. The Morgan fingerprint density at radius 3 is 2.73 bits per heavy atom. The van der Waals surface area contributed by atoms with Gasteiger partial charge in [0.25, 0.3) is 0 Å². The van der Waals surface area contributed by atoms with Gasteiger partial charge in [0.05, 0.1) is 0 Å². The zero-order valence-corrected chi connectivity index (χ0v) is 17.6. The van der Waals surface area contributed by atoms with Crippen LogP contribution in [0.3, 0.4) is 0 Å². The van der Waals surface area contributed by atoms with Gasteiger partial charge in [-0.2, -0.15) is 0 Å². The van der Waals surface area contributed by atoms with Gasteiger partial charge in [-0.15, -0.1) is 0 Å². The van der Waals surface area contributed by atoms with Crippen LogP contribution < -0.4 is 10.2 Å². The van der Waals surface area contributed by atoms with Crippen LogP contribution in [0.2, 0.25) is 0 Å². The molecule has 1 fully saturated rings. The minimum Gasteiger partial charge on any atom is -0.480 e. The Labute approximate surface area is 177 Å². The molecule has 0 saturated heterocycles. The highest BCUT2D eigenvalue weighted by Gasteiger charge is 2.28. The van der Waals surface area contributed by atoms with Gasteiger partial charge in [0.15, 0.2) is 0 Å². The van der Waals surface area contributed by atoms with Crippen molar-refractivity contribution in [3.05, 3.63) is 60.0 Å². The third-order valence-electron chi connectivity index (χ3n) is 6.26. The van der Waals surface area contributed by atoms with E-state index in [0.29, 0.717) is 12.3 Å². The second-order valence-electron chi connectivity index (χ2n) is 8.50. The van der Waals surface area contributed by atoms with Gasteiger partial charge in [0, 0.05) is 67.2 Å². The third kappa shape index (κ3) is 4.49. The van der Waals surface area contributed by atoms with Crippen molar-refractivity contribution in [1.82, 2.24) is 15.3 Å². The van der Waals surface area contributed by atoms with Crippen LogP contribution in [0.5, 0.6) is 0 Å². The molecule has 1 aromatic carbocycles. The number of carboxylic acid groups (broad SMARTS) is 1. The molecule has 2 heterocycles. The van der Waals surface area contributed by atoms with Gasteiger partial charge in [-0.05, 0) is 49.4 Å². The molecule has 0 radical (unpaired) electrons. The summed E-state index contributed by atoms with van der Waals surface area (Å²) >= 11 is 0. The topological polar surface area (TPSA) is 81.2 Å². The Bertz CT molecular complexity index is 1010. The third-order valence-corrected chi connectivity index (χ3v) is 6.26. The predicted octanol–water partition coefficient (Wildman–Crippen LogP) is 3.94. The minimum absolute atomic E-state index is 0.226. The lowest BCUT2D eigenvalue weighted by Gasteiger charge is -2.31. The lowest BCUT2D eigenvalue weighted by molar-refractivity contribution is -0.139. The molecular weight excluding hydrogens is 376 g/mol. The van der Waals surface area contributed by atoms with E-state index in [0.717, 1.165) is 47.8 Å². The number of carbonyl (C=O) groups is 1. The highest BCUT2D eigenvalue weighted by Crippen LogP contribution is 2.33. The van der Waals surface area contributed by atoms with Crippen LogP contribution in [-0.4, -0.2) is 47.2 Å². The van der Waals surface area contributed by atoms with Gasteiger partial charge in [-0.1, -0.05) is 18.2 Å². The first-order valence-corrected chi connectivity index (χ1v) is 10.7. The van der Waals surface area contributed by atoms with Gasteiger partial charge in [0.1, 0.15) is 6.04 Å². The summed E-state index contributed by atoms with van der Waals surface area (Å²) < 4.78 is 0. The Morgan fingerprint density at radius 2 is 2.00 bits per heavy atom. The molecule has 1 atom stereocenters. The summed E-state index contributed by atoms with van der Waals surface area (Å²) in [6.07, 6.45) is 8.29. The average Bonchev–Trinajstić information content (AvgIpc) is 3.17. The van der Waals surface area contributed by atoms with Gasteiger partial charge in [0.2, 0.25) is 0 Å². The van der Waals surface area contributed by atoms with E-state index >= 15 is 0 Å². The number of benzene rings is 1. The molecule has 2 aromatic heterocycles. The first-order chi connectivity index (χ1) is 14.5. The quantitative estimate of drug-likeness (QED) is 0.554. The van der Waals surface area contributed by atoms with Crippen molar-refractivity contribution in [2.24, 2.45) is 0 Å². The Hall–Kier alpha value is -2.86. The maximum atomic E-state index is 11.9. The summed E-state index contributed by atoms with van der Waals surface area (Å²) in [5.41, 5.74) is 4.41. The average molecular weight is 407 g/mol. The molecule has 0 amide bonds. The summed E-state index contributed by atoms with van der Waals surface area (Å²) in [6.45, 7) is 0. The van der Waals surface area contributed by atoms with Crippen molar-refractivity contribution in [2.75, 3.05) is 19.0 Å². The molecule has 1 unspecified atom stereocenters. The highest BCUT2D eigenvalue weighted by molar-refractivity contribution is 5.84. The molecule has 1 saturated carbocycles. The molecule has 1 aliphatic rings. The fraction of sp³-hybridized carbons (Fsp3) is 0.417. The zero-order valence-electron chi connectivity index (χ0n) is 17.6. The molecule has 1 aliphatic carbocycles. The lowest BCUT2D eigenvalue weighted by atomic mass is 9.83. The predicted molar refractivity (Wildman–Crippen MR) is 120 cm³/mol. The summed E-state index contributed by atoms with van der Waals surface area (Å²) in [4.78, 5) is 21.9. The second-order valence-corrected chi connectivity index (χ2v) is 8.50. The number of aliphatic carboxylic acids is 1. The first-order valence-electron chi connectivity index (χ1n) is 10.7. The lowest BCUT2D eigenvalue weighted by Crippen LogP contribution is -2.46. The summed E-state index contributed by atoms with van der Waals surface area (Å²) in [6, 6.07) is 11.9. The molecule has 0 spiro atoms. The fourth-order valence-electron chi connectivity index (χ4n) is 4.52. The van der Waals surface area contributed by atoms with Crippen molar-refractivity contribution in [1.29, 1.82) is 0 Å². The Kier molecular flexibility index (Phi) is 6.04. The van der Waals surface area contributed by atoms with Crippen molar-refractivity contribution in [3.8, 4) is 0 Å². The zero-order chi connectivity index (χ0) is 21.1. The smallest absolute Gasteiger partial charge is 0.321 e.